The third-order valence-corrected chi connectivity index (χ3v) is 3.77. The third-order valence-electron chi connectivity index (χ3n) is 1.79. The summed E-state index contributed by atoms with van der Waals surface area (Å²) in [6, 6.07) is 2.74. The molecule has 0 aromatic carbocycles. The molecule has 54 valence electrons. The van der Waals surface area contributed by atoms with Gasteiger partial charge in [0, 0.05) is 15.4 Å². The average molecular weight is 218 g/mol. The van der Waals surface area contributed by atoms with Gasteiger partial charge in [-0.2, -0.15) is 0 Å². The van der Waals surface area contributed by atoms with Gasteiger partial charge in [-0.1, -0.05) is 0 Å². The van der Waals surface area contributed by atoms with E-state index in [1.54, 1.807) is 0 Å². The van der Waals surface area contributed by atoms with E-state index in [9.17, 15) is 0 Å². The Morgan fingerprint density at radius 1 is 1.70 bits per heavy atom. The summed E-state index contributed by atoms with van der Waals surface area (Å²) in [6.45, 7) is 1.18. The van der Waals surface area contributed by atoms with Gasteiger partial charge >= 0.3 is 0 Å². The zero-order valence-corrected chi connectivity index (χ0v) is 7.83. The van der Waals surface area contributed by atoms with E-state index < -0.39 is 0 Å². The van der Waals surface area contributed by atoms with Gasteiger partial charge in [-0.15, -0.1) is 11.3 Å². The van der Waals surface area contributed by atoms with E-state index in [2.05, 4.69) is 32.7 Å². The van der Waals surface area contributed by atoms with Crippen LogP contribution in [0.5, 0.6) is 0 Å². The lowest BCUT2D eigenvalue weighted by molar-refractivity contribution is 0.388. The van der Waals surface area contributed by atoms with Crippen LogP contribution in [-0.2, 0) is 0 Å². The molecule has 0 spiro atoms. The van der Waals surface area contributed by atoms with E-state index in [0.717, 1.165) is 0 Å². The molecule has 10 heavy (non-hydrogen) atoms. The highest BCUT2D eigenvalue weighted by Crippen LogP contribution is 2.33. The topological polar surface area (TPSA) is 12.0 Å². The fourth-order valence-electron chi connectivity index (χ4n) is 1.07. The van der Waals surface area contributed by atoms with Crippen molar-refractivity contribution in [3.8, 4) is 0 Å². The van der Waals surface area contributed by atoms with E-state index in [-0.39, 0.29) is 0 Å². The molecule has 3 heteroatoms. The molecule has 2 heterocycles. The van der Waals surface area contributed by atoms with Gasteiger partial charge < -0.3 is 5.32 Å². The first-order valence-corrected chi connectivity index (χ1v) is 5.01. The Labute approximate surface area is 72.6 Å². The van der Waals surface area contributed by atoms with Crippen LogP contribution in [0.2, 0.25) is 0 Å². The van der Waals surface area contributed by atoms with Crippen molar-refractivity contribution >= 4 is 27.3 Å². The molecule has 1 N–H and O–H groups in total. The van der Waals surface area contributed by atoms with Crippen molar-refractivity contribution in [2.24, 2.45) is 0 Å². The molecule has 0 saturated carbocycles. The van der Waals surface area contributed by atoms with Crippen LogP contribution in [0.15, 0.2) is 15.9 Å². The van der Waals surface area contributed by atoms with Gasteiger partial charge in [0.2, 0.25) is 0 Å². The van der Waals surface area contributed by atoms with E-state index in [4.69, 9.17) is 0 Å². The second kappa shape index (κ2) is 2.64. The van der Waals surface area contributed by atoms with E-state index in [1.807, 2.05) is 11.3 Å². The lowest BCUT2D eigenvalue weighted by atomic mass is 10.1. The lowest BCUT2D eigenvalue weighted by Gasteiger charge is -2.26. The zero-order valence-electron chi connectivity index (χ0n) is 5.43. The normalized spacial score (nSPS) is 24.3. The zero-order chi connectivity index (χ0) is 6.97. The first-order valence-electron chi connectivity index (χ1n) is 3.34. The highest BCUT2D eigenvalue weighted by molar-refractivity contribution is 9.10. The molecule has 0 unspecified atom stereocenters. The number of nitrogens with one attached hydrogen (secondary N) is 1. The molecular weight excluding hydrogens is 210 g/mol. The number of rotatable bonds is 1. The minimum Gasteiger partial charge on any atom is -0.309 e. The fraction of sp³-hybridized carbons (Fsp3) is 0.429. The van der Waals surface area contributed by atoms with Gasteiger partial charge in [0.25, 0.3) is 0 Å². The first kappa shape index (κ1) is 6.83. The Bertz CT molecular complexity index is 229. The molecule has 1 fully saturated rings. The molecular formula is C7H8BrNS. The van der Waals surface area contributed by atoms with E-state index in [1.165, 1.54) is 22.3 Å². The predicted molar refractivity (Wildman–Crippen MR) is 47.4 cm³/mol. The Kier molecular flexibility index (Phi) is 1.80. The number of hydrogen-bond acceptors (Lipinski definition) is 2. The summed E-state index contributed by atoms with van der Waals surface area (Å²) < 4.78 is 1.26. The molecule has 1 aromatic rings. The van der Waals surface area contributed by atoms with Gasteiger partial charge in [-0.05, 0) is 40.3 Å². The van der Waals surface area contributed by atoms with Gasteiger partial charge in [0.1, 0.15) is 0 Å². The van der Waals surface area contributed by atoms with Crippen molar-refractivity contribution < 1.29 is 0 Å². The Balaban J connectivity index is 2.23. The molecule has 1 saturated heterocycles. The molecule has 1 aliphatic rings. The van der Waals surface area contributed by atoms with Crippen molar-refractivity contribution in [1.82, 2.24) is 5.32 Å². The highest BCUT2D eigenvalue weighted by Gasteiger charge is 2.21. The van der Waals surface area contributed by atoms with Crippen molar-refractivity contribution in [2.45, 2.75) is 12.5 Å². The van der Waals surface area contributed by atoms with Crippen LogP contribution >= 0.6 is 27.3 Å². The molecule has 1 aliphatic heterocycles. The van der Waals surface area contributed by atoms with Crippen molar-refractivity contribution in [3.63, 3.8) is 0 Å². The van der Waals surface area contributed by atoms with Crippen LogP contribution in [0.4, 0.5) is 0 Å². The molecule has 1 atom stereocenters. The average Bonchev–Trinajstić information content (AvgIpc) is 2.12. The molecule has 0 radical (unpaired) electrons. The first-order chi connectivity index (χ1) is 4.88. The monoisotopic (exact) mass is 217 g/mol. The van der Waals surface area contributed by atoms with E-state index in [0.29, 0.717) is 6.04 Å². The molecule has 2 rings (SSSR count). The molecule has 0 bridgehead atoms. The molecule has 1 aromatic heterocycles. The second-order valence-corrected chi connectivity index (χ2v) is 4.23. The van der Waals surface area contributed by atoms with Crippen LogP contribution in [0, 0.1) is 0 Å². The summed E-state index contributed by atoms with van der Waals surface area (Å²) in [5.41, 5.74) is 0. The molecule has 1 nitrogen and oxygen atoms in total. The predicted octanol–water partition coefficient (Wildman–Crippen LogP) is 2.54. The quantitative estimate of drug-likeness (QED) is 0.763. The van der Waals surface area contributed by atoms with Crippen LogP contribution < -0.4 is 5.32 Å². The maximum atomic E-state index is 3.51. The number of hydrogen-bond donors (Lipinski definition) is 1. The van der Waals surface area contributed by atoms with Crippen LogP contribution in [0.25, 0.3) is 0 Å². The van der Waals surface area contributed by atoms with Crippen LogP contribution in [0.1, 0.15) is 17.3 Å². The third kappa shape index (κ3) is 1.02. The van der Waals surface area contributed by atoms with Crippen molar-refractivity contribution in [2.75, 3.05) is 6.54 Å². The Hall–Kier alpha value is 0.140. The van der Waals surface area contributed by atoms with Gasteiger partial charge in [0.15, 0.2) is 0 Å². The fourth-order valence-corrected chi connectivity index (χ4v) is 2.83. The van der Waals surface area contributed by atoms with Crippen LogP contribution in [0.3, 0.4) is 0 Å². The number of halogens is 1. The van der Waals surface area contributed by atoms with Crippen molar-refractivity contribution in [1.29, 1.82) is 0 Å². The Morgan fingerprint density at radius 3 is 2.90 bits per heavy atom. The van der Waals surface area contributed by atoms with Crippen molar-refractivity contribution in [3.05, 3.63) is 20.8 Å². The molecule has 0 amide bonds. The summed E-state index contributed by atoms with van der Waals surface area (Å²) in [5.74, 6) is 0. The van der Waals surface area contributed by atoms with Crippen LogP contribution in [-0.4, -0.2) is 6.54 Å². The highest BCUT2D eigenvalue weighted by atomic mass is 79.9. The van der Waals surface area contributed by atoms with E-state index >= 15 is 0 Å². The van der Waals surface area contributed by atoms with Gasteiger partial charge in [-0.3, -0.25) is 0 Å². The maximum Gasteiger partial charge on any atom is 0.0438 e. The summed E-state index contributed by atoms with van der Waals surface area (Å²) in [6.07, 6.45) is 1.29. The minimum atomic E-state index is 0.634. The Morgan fingerprint density at radius 2 is 2.50 bits per heavy atom. The summed E-state index contributed by atoms with van der Waals surface area (Å²) in [7, 11) is 0. The largest absolute Gasteiger partial charge is 0.309 e. The second-order valence-electron chi connectivity index (χ2n) is 2.43. The summed E-state index contributed by atoms with van der Waals surface area (Å²) in [5, 5.41) is 5.49. The molecule has 0 aliphatic carbocycles. The summed E-state index contributed by atoms with van der Waals surface area (Å²) in [4.78, 5) is 1.45. The van der Waals surface area contributed by atoms with Gasteiger partial charge in [-0.25, -0.2) is 0 Å². The minimum absolute atomic E-state index is 0.634. The SMILES string of the molecule is Brc1ccsc1[C@@H]1CCN1. The lowest BCUT2D eigenvalue weighted by Crippen LogP contribution is -2.34. The standard InChI is InChI=1S/C7H8BrNS/c8-5-2-4-10-7(5)6-1-3-9-6/h2,4,6,9H,1,3H2/t6-/m0/s1. The smallest absolute Gasteiger partial charge is 0.0438 e. The maximum absolute atomic E-state index is 3.51. The number of thiophene rings is 1. The summed E-state index contributed by atoms with van der Waals surface area (Å²) >= 11 is 5.34. The van der Waals surface area contributed by atoms with Gasteiger partial charge in [0.05, 0.1) is 0 Å².